The number of nitrogens with one attached hydrogen (secondary N) is 1. The maximum atomic E-state index is 11.6. The average Bonchev–Trinajstić information content (AvgIpc) is 2.43. The second kappa shape index (κ2) is 6.30. The van der Waals surface area contributed by atoms with E-state index in [-0.39, 0.29) is 0 Å². The third kappa shape index (κ3) is 3.50. The van der Waals surface area contributed by atoms with Crippen LogP contribution in [0.5, 0.6) is 0 Å². The van der Waals surface area contributed by atoms with E-state index in [1.165, 1.54) is 12.8 Å². The average molecular weight is 216 g/mol. The van der Waals surface area contributed by atoms with Crippen molar-refractivity contribution in [2.24, 2.45) is 0 Å². The van der Waals surface area contributed by atoms with Gasteiger partial charge in [-0.15, -0.1) is 0 Å². The van der Waals surface area contributed by atoms with E-state index in [9.17, 15) is 4.79 Å². The molecule has 82 valence electrons. The van der Waals surface area contributed by atoms with E-state index < -0.39 is 0 Å². The highest BCUT2D eigenvalue weighted by Gasteiger charge is 2.20. The maximum absolute atomic E-state index is 11.6. The lowest BCUT2D eigenvalue weighted by atomic mass is 10.2. The second-order valence-corrected chi connectivity index (χ2v) is 4.35. The molecule has 1 N–H and O–H groups in total. The molecule has 1 atom stereocenters. The molecule has 1 aliphatic rings. The number of hydrogen-bond donors (Lipinski definition) is 1. The van der Waals surface area contributed by atoms with Gasteiger partial charge in [0.05, 0.1) is 0 Å². The normalized spacial score (nSPS) is 23.3. The lowest BCUT2D eigenvalue weighted by Crippen LogP contribution is -2.40. The van der Waals surface area contributed by atoms with E-state index in [1.54, 1.807) is 11.9 Å². The van der Waals surface area contributed by atoms with Gasteiger partial charge in [0.2, 0.25) is 5.91 Å². The second-order valence-electron chi connectivity index (χ2n) is 3.71. The summed E-state index contributed by atoms with van der Waals surface area (Å²) in [5, 5.41) is 0. The van der Waals surface area contributed by atoms with E-state index in [2.05, 4.69) is 4.72 Å². The molecule has 0 aliphatic carbocycles. The highest BCUT2D eigenvalue weighted by molar-refractivity contribution is 7.96. The van der Waals surface area contributed by atoms with E-state index in [4.69, 9.17) is 0 Å². The Hall–Kier alpha value is -0.220. The van der Waals surface area contributed by atoms with Gasteiger partial charge in [0.1, 0.15) is 0 Å². The lowest BCUT2D eigenvalue weighted by Gasteiger charge is -2.24. The predicted molar refractivity (Wildman–Crippen MR) is 61.2 cm³/mol. The van der Waals surface area contributed by atoms with Crippen LogP contribution in [0.25, 0.3) is 0 Å². The molecule has 0 aromatic heterocycles. The Morgan fingerprint density at radius 3 is 3.00 bits per heavy atom. The molecule has 1 unspecified atom stereocenters. The van der Waals surface area contributed by atoms with Crippen LogP contribution in [0.1, 0.15) is 32.6 Å². The van der Waals surface area contributed by atoms with Crippen LogP contribution < -0.4 is 4.72 Å². The Kier molecular flexibility index (Phi) is 5.33. The number of nitrogens with zero attached hydrogens (tertiary/aromatic N) is 1. The Morgan fingerprint density at radius 2 is 2.36 bits per heavy atom. The van der Waals surface area contributed by atoms with Crippen molar-refractivity contribution in [1.82, 2.24) is 9.62 Å². The first kappa shape index (κ1) is 11.9. The quantitative estimate of drug-likeness (QED) is 0.728. The van der Waals surface area contributed by atoms with Crippen LogP contribution in [0.4, 0.5) is 0 Å². The molecule has 1 heterocycles. The van der Waals surface area contributed by atoms with E-state index in [1.807, 2.05) is 18.1 Å². The summed E-state index contributed by atoms with van der Waals surface area (Å²) in [5.41, 5.74) is 0. The monoisotopic (exact) mass is 216 g/mol. The smallest absolute Gasteiger partial charge is 0.222 e. The molecule has 4 heteroatoms. The van der Waals surface area contributed by atoms with Crippen molar-refractivity contribution in [1.29, 1.82) is 0 Å². The molecule has 1 amide bonds. The zero-order valence-corrected chi connectivity index (χ0v) is 9.90. The van der Waals surface area contributed by atoms with Gasteiger partial charge in [-0.3, -0.25) is 9.52 Å². The van der Waals surface area contributed by atoms with Crippen molar-refractivity contribution >= 4 is 17.9 Å². The molecular weight excluding hydrogens is 196 g/mol. The molecule has 14 heavy (non-hydrogen) atoms. The molecule has 0 aromatic carbocycles. The van der Waals surface area contributed by atoms with Gasteiger partial charge < -0.3 is 4.90 Å². The third-order valence-corrected chi connectivity index (χ3v) is 3.18. The first-order chi connectivity index (χ1) is 6.77. The van der Waals surface area contributed by atoms with Gasteiger partial charge in [0.15, 0.2) is 0 Å². The van der Waals surface area contributed by atoms with Crippen molar-refractivity contribution < 1.29 is 4.79 Å². The number of rotatable bonds is 3. The third-order valence-electron chi connectivity index (χ3n) is 2.61. The first-order valence-electron chi connectivity index (χ1n) is 5.34. The number of carbonyl (C=O) groups excluding carboxylic acids is 1. The molecule has 1 saturated heterocycles. The topological polar surface area (TPSA) is 32.3 Å². The molecule has 0 saturated carbocycles. The standard InChI is InChI=1S/C10H20N2OS/c1-3-10(13)12-7-5-4-6-9(8-12)11-14-2/h9,11H,3-8H2,1-2H3. The van der Waals surface area contributed by atoms with Crippen LogP contribution in [0.15, 0.2) is 0 Å². The van der Waals surface area contributed by atoms with Crippen molar-refractivity contribution in [2.45, 2.75) is 38.6 Å². The van der Waals surface area contributed by atoms with Crippen LogP contribution in [0, 0.1) is 0 Å². The summed E-state index contributed by atoms with van der Waals surface area (Å²) in [7, 11) is 0. The molecule has 1 aliphatic heterocycles. The zero-order chi connectivity index (χ0) is 10.4. The number of hydrogen-bond acceptors (Lipinski definition) is 3. The van der Waals surface area contributed by atoms with Gasteiger partial charge in [-0.05, 0) is 19.1 Å². The van der Waals surface area contributed by atoms with Crippen LogP contribution in [0.2, 0.25) is 0 Å². The number of likely N-dealkylation sites (tertiary alicyclic amines) is 1. The van der Waals surface area contributed by atoms with Crippen molar-refractivity contribution in [3.63, 3.8) is 0 Å². The molecule has 1 rings (SSSR count). The Balaban J connectivity index is 2.46. The Bertz CT molecular complexity index is 187. The molecule has 0 bridgehead atoms. The van der Waals surface area contributed by atoms with Crippen molar-refractivity contribution in [3.05, 3.63) is 0 Å². The first-order valence-corrected chi connectivity index (χ1v) is 6.56. The molecular formula is C10H20N2OS. The molecule has 0 radical (unpaired) electrons. The van der Waals surface area contributed by atoms with E-state index in [0.717, 1.165) is 19.5 Å². The summed E-state index contributed by atoms with van der Waals surface area (Å²) in [6.07, 6.45) is 6.24. The minimum atomic E-state index is 0.291. The van der Waals surface area contributed by atoms with E-state index >= 15 is 0 Å². The van der Waals surface area contributed by atoms with Gasteiger partial charge in [0.25, 0.3) is 0 Å². The Morgan fingerprint density at radius 1 is 1.57 bits per heavy atom. The zero-order valence-electron chi connectivity index (χ0n) is 9.08. The van der Waals surface area contributed by atoms with Gasteiger partial charge >= 0.3 is 0 Å². The summed E-state index contributed by atoms with van der Waals surface area (Å²) in [4.78, 5) is 13.6. The summed E-state index contributed by atoms with van der Waals surface area (Å²) in [6, 6.07) is 0.475. The highest BCUT2D eigenvalue weighted by Crippen LogP contribution is 2.13. The largest absolute Gasteiger partial charge is 0.341 e. The van der Waals surface area contributed by atoms with E-state index in [0.29, 0.717) is 18.4 Å². The molecule has 0 aromatic rings. The summed E-state index contributed by atoms with van der Waals surface area (Å²) in [6.45, 7) is 3.76. The van der Waals surface area contributed by atoms with Gasteiger partial charge in [-0.1, -0.05) is 25.3 Å². The van der Waals surface area contributed by atoms with Gasteiger partial charge in [-0.25, -0.2) is 0 Å². The molecule has 1 fully saturated rings. The summed E-state index contributed by atoms with van der Waals surface area (Å²) in [5.74, 6) is 0.291. The lowest BCUT2D eigenvalue weighted by molar-refractivity contribution is -0.130. The van der Waals surface area contributed by atoms with Crippen LogP contribution >= 0.6 is 11.9 Å². The number of carbonyl (C=O) groups is 1. The SMILES string of the molecule is CCC(=O)N1CCCCC(NSC)C1. The highest BCUT2D eigenvalue weighted by atomic mass is 32.2. The fourth-order valence-corrected chi connectivity index (χ4v) is 2.38. The minimum Gasteiger partial charge on any atom is -0.341 e. The van der Waals surface area contributed by atoms with Crippen LogP contribution in [0.3, 0.4) is 0 Å². The van der Waals surface area contributed by atoms with Gasteiger partial charge in [0, 0.05) is 25.6 Å². The summed E-state index contributed by atoms with van der Waals surface area (Å²) < 4.78 is 3.36. The Labute approximate surface area is 90.7 Å². The predicted octanol–water partition coefficient (Wildman–Crippen LogP) is 1.65. The minimum absolute atomic E-state index is 0.291. The number of amides is 1. The maximum Gasteiger partial charge on any atom is 0.222 e. The molecule has 0 spiro atoms. The fraction of sp³-hybridized carbons (Fsp3) is 0.900. The fourth-order valence-electron chi connectivity index (χ4n) is 1.85. The van der Waals surface area contributed by atoms with Crippen molar-refractivity contribution in [2.75, 3.05) is 19.3 Å². The summed E-state index contributed by atoms with van der Waals surface area (Å²) >= 11 is 1.65. The van der Waals surface area contributed by atoms with Crippen LogP contribution in [-0.2, 0) is 4.79 Å². The van der Waals surface area contributed by atoms with Crippen LogP contribution in [-0.4, -0.2) is 36.2 Å². The van der Waals surface area contributed by atoms with Gasteiger partial charge in [-0.2, -0.15) is 0 Å². The molecule has 3 nitrogen and oxygen atoms in total. The van der Waals surface area contributed by atoms with Crippen molar-refractivity contribution in [3.8, 4) is 0 Å².